The average molecular weight is 380 g/mol. The number of phenolic OH excluding ortho intramolecular Hbond substituents is 1. The molecule has 0 radical (unpaired) electrons. The van der Waals surface area contributed by atoms with Crippen LogP contribution >= 0.6 is 11.6 Å². The van der Waals surface area contributed by atoms with Crippen molar-refractivity contribution in [2.24, 2.45) is 0 Å². The van der Waals surface area contributed by atoms with Gasteiger partial charge in [0.05, 0.1) is 29.1 Å². The van der Waals surface area contributed by atoms with Crippen LogP contribution in [0.1, 0.15) is 21.5 Å². The van der Waals surface area contributed by atoms with Gasteiger partial charge < -0.3 is 14.4 Å². The Labute approximate surface area is 161 Å². The van der Waals surface area contributed by atoms with Crippen LogP contribution in [-0.2, 0) is 11.3 Å². The van der Waals surface area contributed by atoms with Gasteiger partial charge in [0.1, 0.15) is 5.75 Å². The standard InChI is InChI=1S/C22H18ClNO3/c1-13-9-18-21(19(25)10-13)20-16(22(26)27-2)7-4-8-17(20)24(18)12-14-5-3-6-15(23)11-14/h3-11,25H,12H2,1-2H3. The minimum atomic E-state index is -0.428. The maximum atomic E-state index is 12.3. The molecule has 27 heavy (non-hydrogen) atoms. The fourth-order valence-electron chi connectivity index (χ4n) is 3.64. The summed E-state index contributed by atoms with van der Waals surface area (Å²) in [6, 6.07) is 16.9. The molecule has 0 spiro atoms. The molecule has 0 fully saturated rings. The molecule has 1 heterocycles. The van der Waals surface area contributed by atoms with E-state index < -0.39 is 5.97 Å². The topological polar surface area (TPSA) is 51.5 Å². The zero-order valence-electron chi connectivity index (χ0n) is 15.0. The molecule has 0 aliphatic carbocycles. The van der Waals surface area contributed by atoms with Crippen LogP contribution in [0.3, 0.4) is 0 Å². The van der Waals surface area contributed by atoms with Crippen molar-refractivity contribution in [3.8, 4) is 5.75 Å². The molecular weight excluding hydrogens is 362 g/mol. The van der Waals surface area contributed by atoms with Crippen LogP contribution in [0.25, 0.3) is 21.8 Å². The number of aryl methyl sites for hydroxylation is 1. The zero-order chi connectivity index (χ0) is 19.1. The Hall–Kier alpha value is -2.98. The lowest BCUT2D eigenvalue weighted by molar-refractivity contribution is 0.0603. The number of fused-ring (bicyclic) bond motifs is 3. The monoisotopic (exact) mass is 379 g/mol. The quantitative estimate of drug-likeness (QED) is 0.491. The first kappa shape index (κ1) is 17.4. The fourth-order valence-corrected chi connectivity index (χ4v) is 3.86. The van der Waals surface area contributed by atoms with E-state index in [0.717, 1.165) is 22.2 Å². The van der Waals surface area contributed by atoms with Gasteiger partial charge in [0.2, 0.25) is 0 Å². The van der Waals surface area contributed by atoms with Gasteiger partial charge >= 0.3 is 5.97 Å². The van der Waals surface area contributed by atoms with Gasteiger partial charge in [0, 0.05) is 17.0 Å². The minimum Gasteiger partial charge on any atom is -0.507 e. The molecular formula is C22H18ClNO3. The molecule has 0 aliphatic rings. The zero-order valence-corrected chi connectivity index (χ0v) is 15.7. The van der Waals surface area contributed by atoms with Gasteiger partial charge in [-0.2, -0.15) is 0 Å². The van der Waals surface area contributed by atoms with Crippen molar-refractivity contribution in [2.75, 3.05) is 7.11 Å². The maximum Gasteiger partial charge on any atom is 0.338 e. The van der Waals surface area contributed by atoms with Crippen molar-refractivity contribution in [2.45, 2.75) is 13.5 Å². The Kier molecular flexibility index (Phi) is 4.28. The maximum absolute atomic E-state index is 12.3. The van der Waals surface area contributed by atoms with Gasteiger partial charge in [-0.15, -0.1) is 0 Å². The summed E-state index contributed by atoms with van der Waals surface area (Å²) >= 11 is 6.15. The summed E-state index contributed by atoms with van der Waals surface area (Å²) in [4.78, 5) is 12.3. The SMILES string of the molecule is COC(=O)c1cccc2c1c1c(O)cc(C)cc1n2Cc1cccc(Cl)c1. The number of carbonyl (C=O) groups excluding carboxylic acids is 1. The molecule has 0 amide bonds. The number of hydrogen-bond acceptors (Lipinski definition) is 3. The molecule has 0 atom stereocenters. The predicted octanol–water partition coefficient (Wildman–Crippen LogP) is 5.30. The third-order valence-electron chi connectivity index (χ3n) is 4.75. The van der Waals surface area contributed by atoms with Crippen LogP contribution < -0.4 is 0 Å². The first-order valence-electron chi connectivity index (χ1n) is 8.57. The Balaban J connectivity index is 2.09. The average Bonchev–Trinajstić information content (AvgIpc) is 2.95. The number of methoxy groups -OCH3 is 1. The van der Waals surface area contributed by atoms with E-state index >= 15 is 0 Å². The number of hydrogen-bond donors (Lipinski definition) is 1. The van der Waals surface area contributed by atoms with Crippen molar-refractivity contribution in [3.63, 3.8) is 0 Å². The number of benzene rings is 3. The van der Waals surface area contributed by atoms with Crippen LogP contribution in [0.15, 0.2) is 54.6 Å². The minimum absolute atomic E-state index is 0.149. The van der Waals surface area contributed by atoms with E-state index in [4.69, 9.17) is 16.3 Å². The third-order valence-corrected chi connectivity index (χ3v) is 4.99. The van der Waals surface area contributed by atoms with E-state index in [1.54, 1.807) is 12.1 Å². The van der Waals surface area contributed by atoms with Crippen LogP contribution in [0.2, 0.25) is 5.02 Å². The predicted molar refractivity (Wildman–Crippen MR) is 108 cm³/mol. The molecule has 4 aromatic rings. The van der Waals surface area contributed by atoms with Crippen molar-refractivity contribution < 1.29 is 14.6 Å². The highest BCUT2D eigenvalue weighted by atomic mass is 35.5. The van der Waals surface area contributed by atoms with E-state index in [0.29, 0.717) is 27.9 Å². The Morgan fingerprint density at radius 1 is 1.07 bits per heavy atom. The highest BCUT2D eigenvalue weighted by Crippen LogP contribution is 2.38. The molecule has 1 N–H and O–H groups in total. The summed E-state index contributed by atoms with van der Waals surface area (Å²) in [5.74, 6) is -0.279. The molecule has 3 aromatic carbocycles. The third kappa shape index (κ3) is 2.92. The largest absolute Gasteiger partial charge is 0.507 e. The van der Waals surface area contributed by atoms with Crippen molar-refractivity contribution >= 4 is 39.4 Å². The molecule has 0 aliphatic heterocycles. The van der Waals surface area contributed by atoms with E-state index in [1.807, 2.05) is 49.4 Å². The Bertz CT molecular complexity index is 1190. The van der Waals surface area contributed by atoms with Crippen molar-refractivity contribution in [3.05, 3.63) is 76.3 Å². The molecule has 1 aromatic heterocycles. The van der Waals surface area contributed by atoms with Crippen molar-refractivity contribution in [1.29, 1.82) is 0 Å². The Morgan fingerprint density at radius 2 is 1.85 bits per heavy atom. The number of rotatable bonds is 3. The number of esters is 1. The molecule has 0 saturated heterocycles. The highest BCUT2D eigenvalue weighted by molar-refractivity contribution is 6.30. The van der Waals surface area contributed by atoms with Crippen LogP contribution in [0.4, 0.5) is 0 Å². The molecule has 4 nitrogen and oxygen atoms in total. The first-order chi connectivity index (χ1) is 13.0. The van der Waals surface area contributed by atoms with Crippen LogP contribution in [0.5, 0.6) is 5.75 Å². The van der Waals surface area contributed by atoms with Crippen LogP contribution in [-0.4, -0.2) is 22.8 Å². The van der Waals surface area contributed by atoms with Gasteiger partial charge in [-0.25, -0.2) is 4.79 Å². The summed E-state index contributed by atoms with van der Waals surface area (Å²) < 4.78 is 7.05. The summed E-state index contributed by atoms with van der Waals surface area (Å²) in [6.45, 7) is 2.50. The molecule has 0 saturated carbocycles. The lowest BCUT2D eigenvalue weighted by Gasteiger charge is -2.09. The summed E-state index contributed by atoms with van der Waals surface area (Å²) in [5, 5.41) is 12.7. The number of aromatic nitrogens is 1. The smallest absolute Gasteiger partial charge is 0.338 e. The number of phenols is 1. The van der Waals surface area contributed by atoms with Gasteiger partial charge in [-0.3, -0.25) is 0 Å². The van der Waals surface area contributed by atoms with Gasteiger partial charge in [0.25, 0.3) is 0 Å². The van der Waals surface area contributed by atoms with E-state index in [1.165, 1.54) is 7.11 Å². The van der Waals surface area contributed by atoms with Crippen molar-refractivity contribution in [1.82, 2.24) is 4.57 Å². The number of aromatic hydroxyl groups is 1. The normalized spacial score (nSPS) is 11.2. The van der Waals surface area contributed by atoms with E-state index in [-0.39, 0.29) is 5.75 Å². The lowest BCUT2D eigenvalue weighted by Crippen LogP contribution is -2.02. The summed E-state index contributed by atoms with van der Waals surface area (Å²) in [5.41, 5.74) is 4.12. The second-order valence-electron chi connectivity index (χ2n) is 6.59. The summed E-state index contributed by atoms with van der Waals surface area (Å²) in [6.07, 6.45) is 0. The van der Waals surface area contributed by atoms with Gasteiger partial charge in [-0.1, -0.05) is 29.8 Å². The molecule has 0 bridgehead atoms. The molecule has 136 valence electrons. The molecule has 0 unspecified atom stereocenters. The lowest BCUT2D eigenvalue weighted by atomic mass is 10.0. The number of halogens is 1. The first-order valence-corrected chi connectivity index (χ1v) is 8.94. The number of carbonyl (C=O) groups is 1. The molecule has 4 rings (SSSR count). The summed E-state index contributed by atoms with van der Waals surface area (Å²) in [7, 11) is 1.36. The number of nitrogens with zero attached hydrogens (tertiary/aromatic N) is 1. The van der Waals surface area contributed by atoms with E-state index in [2.05, 4.69) is 4.57 Å². The van der Waals surface area contributed by atoms with E-state index in [9.17, 15) is 9.90 Å². The highest BCUT2D eigenvalue weighted by Gasteiger charge is 2.20. The number of ether oxygens (including phenoxy) is 1. The fraction of sp³-hybridized carbons (Fsp3) is 0.136. The van der Waals surface area contributed by atoms with Crippen LogP contribution in [0, 0.1) is 6.92 Å². The van der Waals surface area contributed by atoms with Gasteiger partial charge in [0.15, 0.2) is 0 Å². The molecule has 5 heteroatoms. The Morgan fingerprint density at radius 3 is 2.59 bits per heavy atom. The van der Waals surface area contributed by atoms with Gasteiger partial charge in [-0.05, 0) is 54.4 Å². The second kappa shape index (κ2) is 6.63. The second-order valence-corrected chi connectivity index (χ2v) is 7.02.